The number of hydrogen-bond acceptors (Lipinski definition) is 5. The molecule has 1 aromatic rings. The van der Waals surface area contributed by atoms with E-state index in [-0.39, 0.29) is 30.4 Å². The Morgan fingerprint density at radius 2 is 2.17 bits per heavy atom. The van der Waals surface area contributed by atoms with E-state index < -0.39 is 15.7 Å². The maximum Gasteiger partial charge on any atom is 0.170 e. The Labute approximate surface area is 106 Å². The summed E-state index contributed by atoms with van der Waals surface area (Å²) in [5.74, 6) is -0.0442. The van der Waals surface area contributed by atoms with Crippen molar-refractivity contribution in [1.82, 2.24) is 4.98 Å². The van der Waals surface area contributed by atoms with Gasteiger partial charge in [-0.2, -0.15) is 0 Å². The Morgan fingerprint density at radius 1 is 1.39 bits per heavy atom. The Morgan fingerprint density at radius 3 is 2.89 bits per heavy atom. The third-order valence-electron chi connectivity index (χ3n) is 3.03. The molecule has 0 saturated carbocycles. The van der Waals surface area contributed by atoms with E-state index in [1.807, 2.05) is 0 Å². The van der Waals surface area contributed by atoms with Gasteiger partial charge in [0.05, 0.1) is 11.5 Å². The molecule has 100 valence electrons. The zero-order valence-corrected chi connectivity index (χ0v) is 10.8. The summed E-state index contributed by atoms with van der Waals surface area (Å²) in [4.78, 5) is 5.68. The monoisotopic (exact) mass is 273 g/mol. The maximum atomic E-state index is 14.0. The van der Waals surface area contributed by atoms with Crippen molar-refractivity contribution in [3.63, 3.8) is 0 Å². The van der Waals surface area contributed by atoms with E-state index in [4.69, 9.17) is 5.73 Å². The van der Waals surface area contributed by atoms with Crippen LogP contribution in [0, 0.1) is 5.82 Å². The lowest BCUT2D eigenvalue weighted by Crippen LogP contribution is -2.29. The molecule has 1 saturated heterocycles. The minimum Gasteiger partial charge on any atom is -0.353 e. The first-order chi connectivity index (χ1) is 8.53. The fourth-order valence-electron chi connectivity index (χ4n) is 2.00. The maximum absolute atomic E-state index is 14.0. The van der Waals surface area contributed by atoms with Crippen LogP contribution in [-0.4, -0.2) is 38.0 Å². The average Bonchev–Trinajstić information content (AvgIpc) is 2.51. The second-order valence-corrected chi connectivity index (χ2v) is 6.61. The molecule has 1 aliphatic heterocycles. The van der Waals surface area contributed by atoms with Gasteiger partial charge in [-0.3, -0.25) is 0 Å². The fourth-order valence-corrected chi connectivity index (χ4v) is 3.27. The Balaban J connectivity index is 2.26. The number of sulfone groups is 1. The predicted octanol–water partition coefficient (Wildman–Crippen LogP) is 0.304. The summed E-state index contributed by atoms with van der Waals surface area (Å²) in [7, 11) is -3.01. The summed E-state index contributed by atoms with van der Waals surface area (Å²) >= 11 is 0. The van der Waals surface area contributed by atoms with Crippen molar-refractivity contribution in [3.05, 3.63) is 23.6 Å². The molecule has 1 aliphatic rings. The van der Waals surface area contributed by atoms with Crippen LogP contribution in [0.1, 0.15) is 12.0 Å². The molecule has 5 nitrogen and oxygen atoms in total. The molecule has 1 fully saturated rings. The molecule has 2 rings (SSSR count). The van der Waals surface area contributed by atoms with Gasteiger partial charge in [0.15, 0.2) is 21.5 Å². The largest absolute Gasteiger partial charge is 0.353 e. The third kappa shape index (κ3) is 2.78. The van der Waals surface area contributed by atoms with Crippen LogP contribution in [0.5, 0.6) is 0 Å². The summed E-state index contributed by atoms with van der Waals surface area (Å²) in [5, 5.41) is 0. The second kappa shape index (κ2) is 5.19. The van der Waals surface area contributed by atoms with Gasteiger partial charge in [-0.25, -0.2) is 17.8 Å². The van der Waals surface area contributed by atoms with Gasteiger partial charge < -0.3 is 10.6 Å². The van der Waals surface area contributed by atoms with E-state index in [1.54, 1.807) is 4.90 Å². The van der Waals surface area contributed by atoms with Crippen LogP contribution in [0.4, 0.5) is 10.2 Å². The van der Waals surface area contributed by atoms with E-state index in [0.717, 1.165) is 0 Å². The predicted molar refractivity (Wildman–Crippen MR) is 67.6 cm³/mol. The van der Waals surface area contributed by atoms with Gasteiger partial charge in [0.25, 0.3) is 0 Å². The summed E-state index contributed by atoms with van der Waals surface area (Å²) in [6.07, 6.45) is 2.00. The van der Waals surface area contributed by atoms with Crippen molar-refractivity contribution in [2.24, 2.45) is 5.73 Å². The molecule has 0 spiro atoms. The van der Waals surface area contributed by atoms with Gasteiger partial charge >= 0.3 is 0 Å². The third-order valence-corrected chi connectivity index (χ3v) is 4.74. The molecular formula is C11H16FN3O2S. The number of anilines is 1. The number of nitrogens with zero attached hydrogens (tertiary/aromatic N) is 2. The molecule has 1 aromatic heterocycles. The quantitative estimate of drug-likeness (QED) is 0.839. The van der Waals surface area contributed by atoms with Gasteiger partial charge in [-0.05, 0) is 12.5 Å². The zero-order chi connectivity index (χ0) is 13.2. The molecular weight excluding hydrogens is 257 g/mol. The highest BCUT2D eigenvalue weighted by molar-refractivity contribution is 7.91. The zero-order valence-electron chi connectivity index (χ0n) is 9.97. The highest BCUT2D eigenvalue weighted by Crippen LogP contribution is 2.21. The van der Waals surface area contributed by atoms with Crippen LogP contribution in [0.2, 0.25) is 0 Å². The van der Waals surface area contributed by atoms with Crippen LogP contribution in [0.15, 0.2) is 12.3 Å². The van der Waals surface area contributed by atoms with E-state index >= 15 is 0 Å². The molecule has 2 heterocycles. The highest BCUT2D eigenvalue weighted by Gasteiger charge is 2.22. The molecule has 7 heteroatoms. The average molecular weight is 273 g/mol. The molecule has 0 radical (unpaired) electrons. The van der Waals surface area contributed by atoms with Gasteiger partial charge in [0.1, 0.15) is 0 Å². The van der Waals surface area contributed by atoms with Crippen molar-refractivity contribution in [3.8, 4) is 0 Å². The lowest BCUT2D eigenvalue weighted by molar-refractivity contribution is 0.593. The molecule has 0 atom stereocenters. The first-order valence-corrected chi connectivity index (χ1v) is 7.64. The van der Waals surface area contributed by atoms with Crippen molar-refractivity contribution in [2.45, 2.75) is 13.0 Å². The molecule has 0 amide bonds. The van der Waals surface area contributed by atoms with Crippen molar-refractivity contribution in [1.29, 1.82) is 0 Å². The smallest absolute Gasteiger partial charge is 0.170 e. The van der Waals surface area contributed by atoms with Crippen LogP contribution in [0.25, 0.3) is 0 Å². The van der Waals surface area contributed by atoms with Crippen LogP contribution in [0.3, 0.4) is 0 Å². The Kier molecular flexibility index (Phi) is 3.82. The second-order valence-electron chi connectivity index (χ2n) is 4.30. The highest BCUT2D eigenvalue weighted by atomic mass is 32.2. The van der Waals surface area contributed by atoms with Crippen LogP contribution >= 0.6 is 0 Å². The van der Waals surface area contributed by atoms with Crippen molar-refractivity contribution in [2.75, 3.05) is 29.5 Å². The Bertz CT molecular complexity index is 533. The first kappa shape index (κ1) is 13.2. The van der Waals surface area contributed by atoms with E-state index in [0.29, 0.717) is 18.5 Å². The van der Waals surface area contributed by atoms with Crippen LogP contribution < -0.4 is 10.6 Å². The van der Waals surface area contributed by atoms with E-state index in [9.17, 15) is 12.8 Å². The number of halogens is 1. The minimum atomic E-state index is -3.01. The lowest BCUT2D eigenvalue weighted by atomic mass is 10.2. The number of nitrogens with two attached hydrogens (primary N) is 1. The van der Waals surface area contributed by atoms with Crippen molar-refractivity contribution >= 4 is 15.7 Å². The normalized spacial score (nSPS) is 19.6. The lowest BCUT2D eigenvalue weighted by Gasteiger charge is -2.21. The van der Waals surface area contributed by atoms with Gasteiger partial charge in [0.2, 0.25) is 0 Å². The molecule has 0 bridgehead atoms. The van der Waals surface area contributed by atoms with E-state index in [1.165, 1.54) is 12.3 Å². The summed E-state index contributed by atoms with van der Waals surface area (Å²) in [5.41, 5.74) is 5.84. The van der Waals surface area contributed by atoms with E-state index in [2.05, 4.69) is 4.98 Å². The number of hydrogen-bond donors (Lipinski definition) is 1. The Hall–Kier alpha value is -1.21. The SMILES string of the molecule is NCc1ccnc(N2CCCS(=O)(=O)CC2)c1F. The molecule has 0 aromatic carbocycles. The van der Waals surface area contributed by atoms with Crippen LogP contribution in [-0.2, 0) is 16.4 Å². The molecule has 18 heavy (non-hydrogen) atoms. The molecule has 2 N–H and O–H groups in total. The molecule has 0 unspecified atom stereocenters. The summed E-state index contributed by atoms with van der Waals surface area (Å²) in [6.45, 7) is 0.880. The number of pyridine rings is 1. The fraction of sp³-hybridized carbons (Fsp3) is 0.545. The van der Waals surface area contributed by atoms with Crippen molar-refractivity contribution < 1.29 is 12.8 Å². The number of aromatic nitrogens is 1. The van der Waals surface area contributed by atoms with Gasteiger partial charge in [-0.15, -0.1) is 0 Å². The topological polar surface area (TPSA) is 76.3 Å². The minimum absolute atomic E-state index is 0.0426. The standard InChI is InChI=1S/C11H16FN3O2S/c12-10-9(8-13)2-3-14-11(10)15-4-1-6-18(16,17)7-5-15/h2-3H,1,4-8,13H2. The van der Waals surface area contributed by atoms with Gasteiger partial charge in [-0.1, -0.05) is 0 Å². The molecule has 0 aliphatic carbocycles. The summed E-state index contributed by atoms with van der Waals surface area (Å²) < 4.78 is 37.0. The summed E-state index contributed by atoms with van der Waals surface area (Å²) in [6, 6.07) is 1.54. The van der Waals surface area contributed by atoms with Gasteiger partial charge in [0, 0.05) is 31.4 Å². The number of rotatable bonds is 2. The first-order valence-electron chi connectivity index (χ1n) is 5.82.